The van der Waals surface area contributed by atoms with Gasteiger partial charge >= 0.3 is 0 Å². The minimum atomic E-state index is 0.734. The normalized spacial score (nSPS) is 26.8. The molecule has 1 N–H and O–H groups in total. The third kappa shape index (κ3) is 3.35. The van der Waals surface area contributed by atoms with Gasteiger partial charge in [-0.25, -0.2) is 0 Å². The number of benzene rings is 1. The Morgan fingerprint density at radius 1 is 1.16 bits per heavy atom. The molecule has 3 rings (SSSR count). The van der Waals surface area contributed by atoms with Gasteiger partial charge in [-0.05, 0) is 48.5 Å². The van der Waals surface area contributed by atoms with E-state index < -0.39 is 0 Å². The van der Waals surface area contributed by atoms with Gasteiger partial charge in [0.25, 0.3) is 0 Å². The lowest BCUT2D eigenvalue weighted by atomic mass is 10.0. The molecule has 0 heterocycles. The molecule has 1 aromatic carbocycles. The first-order valence-corrected chi connectivity index (χ1v) is 8.86. The summed E-state index contributed by atoms with van der Waals surface area (Å²) < 4.78 is 0. The summed E-state index contributed by atoms with van der Waals surface area (Å²) >= 11 is 2.14. The molecule has 0 aromatic heterocycles. The fourth-order valence-electron chi connectivity index (χ4n) is 3.30. The van der Waals surface area contributed by atoms with E-state index in [1.165, 1.54) is 43.4 Å². The van der Waals surface area contributed by atoms with Crippen LogP contribution in [-0.2, 0) is 6.54 Å². The highest BCUT2D eigenvalue weighted by Crippen LogP contribution is 2.41. The van der Waals surface area contributed by atoms with Gasteiger partial charge in [0.1, 0.15) is 0 Å². The zero-order valence-corrected chi connectivity index (χ0v) is 12.7. The quantitative estimate of drug-likeness (QED) is 0.829. The monoisotopic (exact) mass is 275 g/mol. The molecule has 104 valence electrons. The lowest BCUT2D eigenvalue weighted by molar-refractivity contribution is 0.530. The van der Waals surface area contributed by atoms with Crippen molar-refractivity contribution in [3.8, 4) is 0 Å². The molecule has 2 atom stereocenters. The SMILES string of the molecule is CCSC1CCCC1NCc1ccccc1C1CC1. The molecule has 2 unspecified atom stereocenters. The van der Waals surface area contributed by atoms with Crippen LogP contribution in [0.1, 0.15) is 56.1 Å². The van der Waals surface area contributed by atoms with Crippen LogP contribution in [0.5, 0.6) is 0 Å². The van der Waals surface area contributed by atoms with E-state index in [4.69, 9.17) is 0 Å². The van der Waals surface area contributed by atoms with Gasteiger partial charge in [0.2, 0.25) is 0 Å². The highest BCUT2D eigenvalue weighted by Gasteiger charge is 2.28. The van der Waals surface area contributed by atoms with Crippen molar-refractivity contribution in [3.05, 3.63) is 35.4 Å². The van der Waals surface area contributed by atoms with E-state index in [1.807, 2.05) is 0 Å². The molecule has 2 aliphatic carbocycles. The van der Waals surface area contributed by atoms with Gasteiger partial charge in [-0.1, -0.05) is 37.6 Å². The van der Waals surface area contributed by atoms with Crippen molar-refractivity contribution < 1.29 is 0 Å². The summed E-state index contributed by atoms with van der Waals surface area (Å²) in [6, 6.07) is 9.77. The van der Waals surface area contributed by atoms with E-state index in [1.54, 1.807) is 5.56 Å². The highest BCUT2D eigenvalue weighted by molar-refractivity contribution is 7.99. The zero-order chi connectivity index (χ0) is 13.1. The summed E-state index contributed by atoms with van der Waals surface area (Å²) in [6.45, 7) is 3.35. The molecule has 19 heavy (non-hydrogen) atoms. The average molecular weight is 275 g/mol. The predicted molar refractivity (Wildman–Crippen MR) is 84.8 cm³/mol. The van der Waals surface area contributed by atoms with Crippen LogP contribution < -0.4 is 5.32 Å². The van der Waals surface area contributed by atoms with E-state index >= 15 is 0 Å². The van der Waals surface area contributed by atoms with E-state index in [0.29, 0.717) is 0 Å². The Bertz CT molecular complexity index is 413. The number of hydrogen-bond acceptors (Lipinski definition) is 2. The van der Waals surface area contributed by atoms with E-state index in [2.05, 4.69) is 48.3 Å². The average Bonchev–Trinajstić information content (AvgIpc) is 3.19. The first-order valence-electron chi connectivity index (χ1n) is 7.81. The number of rotatable bonds is 6. The van der Waals surface area contributed by atoms with E-state index in [-0.39, 0.29) is 0 Å². The van der Waals surface area contributed by atoms with Gasteiger partial charge in [0, 0.05) is 17.8 Å². The summed E-state index contributed by atoms with van der Waals surface area (Å²) in [5.41, 5.74) is 3.14. The van der Waals surface area contributed by atoms with Gasteiger partial charge in [-0.2, -0.15) is 11.8 Å². The van der Waals surface area contributed by atoms with Crippen molar-refractivity contribution in [2.45, 2.75) is 62.8 Å². The van der Waals surface area contributed by atoms with Crippen LogP contribution in [0.3, 0.4) is 0 Å². The van der Waals surface area contributed by atoms with E-state index in [0.717, 1.165) is 23.8 Å². The van der Waals surface area contributed by atoms with Gasteiger partial charge < -0.3 is 5.32 Å². The van der Waals surface area contributed by atoms with E-state index in [9.17, 15) is 0 Å². The summed E-state index contributed by atoms with van der Waals surface area (Å²) in [6.07, 6.45) is 6.97. The Morgan fingerprint density at radius 3 is 2.79 bits per heavy atom. The van der Waals surface area contributed by atoms with Crippen LogP contribution in [0.25, 0.3) is 0 Å². The molecule has 0 spiro atoms. The standard InChI is InChI=1S/C17H25NS/c1-2-19-17-9-5-8-16(17)18-12-14-6-3-4-7-15(14)13-10-11-13/h3-4,6-7,13,16-18H,2,5,8-12H2,1H3. The van der Waals surface area contributed by atoms with Crippen LogP contribution in [0.15, 0.2) is 24.3 Å². The second-order valence-electron chi connectivity index (χ2n) is 5.89. The maximum atomic E-state index is 3.84. The lowest BCUT2D eigenvalue weighted by Crippen LogP contribution is -2.33. The molecule has 2 fully saturated rings. The van der Waals surface area contributed by atoms with Crippen molar-refractivity contribution in [2.75, 3.05) is 5.75 Å². The number of thioether (sulfide) groups is 1. The maximum absolute atomic E-state index is 3.84. The van der Waals surface area contributed by atoms with Crippen LogP contribution in [0.2, 0.25) is 0 Å². The van der Waals surface area contributed by atoms with Crippen molar-refractivity contribution in [3.63, 3.8) is 0 Å². The molecule has 0 bridgehead atoms. The number of nitrogens with one attached hydrogen (secondary N) is 1. The van der Waals surface area contributed by atoms with Crippen LogP contribution >= 0.6 is 11.8 Å². The topological polar surface area (TPSA) is 12.0 Å². The third-order valence-electron chi connectivity index (χ3n) is 4.46. The van der Waals surface area contributed by atoms with Crippen molar-refractivity contribution in [2.24, 2.45) is 0 Å². The molecule has 0 radical (unpaired) electrons. The Morgan fingerprint density at radius 2 is 2.00 bits per heavy atom. The minimum Gasteiger partial charge on any atom is -0.309 e. The molecule has 2 heteroatoms. The zero-order valence-electron chi connectivity index (χ0n) is 11.9. The highest BCUT2D eigenvalue weighted by atomic mass is 32.2. The maximum Gasteiger partial charge on any atom is 0.0211 e. The van der Waals surface area contributed by atoms with Gasteiger partial charge in [-0.3, -0.25) is 0 Å². The largest absolute Gasteiger partial charge is 0.309 e. The smallest absolute Gasteiger partial charge is 0.0211 e. The first-order chi connectivity index (χ1) is 9.38. The molecule has 1 nitrogen and oxygen atoms in total. The summed E-state index contributed by atoms with van der Waals surface area (Å²) in [5, 5.41) is 4.68. The first kappa shape index (κ1) is 13.5. The Hall–Kier alpha value is -0.470. The van der Waals surface area contributed by atoms with Gasteiger partial charge in [-0.15, -0.1) is 0 Å². The molecule has 0 aliphatic heterocycles. The van der Waals surface area contributed by atoms with Crippen molar-refractivity contribution in [1.29, 1.82) is 0 Å². The minimum absolute atomic E-state index is 0.734. The fourth-order valence-corrected chi connectivity index (χ4v) is 4.53. The summed E-state index contributed by atoms with van der Waals surface area (Å²) in [4.78, 5) is 0. The summed E-state index contributed by atoms with van der Waals surface area (Å²) in [5.74, 6) is 2.11. The Labute approximate surface area is 121 Å². The Kier molecular flexibility index (Phi) is 4.49. The van der Waals surface area contributed by atoms with Crippen LogP contribution in [-0.4, -0.2) is 17.0 Å². The molecule has 0 amide bonds. The van der Waals surface area contributed by atoms with Crippen LogP contribution in [0.4, 0.5) is 0 Å². The molecule has 1 aromatic rings. The van der Waals surface area contributed by atoms with Gasteiger partial charge in [0.05, 0.1) is 0 Å². The molecular formula is C17H25NS. The molecule has 2 aliphatic rings. The summed E-state index contributed by atoms with van der Waals surface area (Å²) in [7, 11) is 0. The lowest BCUT2D eigenvalue weighted by Gasteiger charge is -2.21. The second kappa shape index (κ2) is 6.32. The van der Waals surface area contributed by atoms with Crippen molar-refractivity contribution in [1.82, 2.24) is 5.32 Å². The number of hydrogen-bond donors (Lipinski definition) is 1. The molecule has 2 saturated carbocycles. The molecule has 0 saturated heterocycles. The van der Waals surface area contributed by atoms with Gasteiger partial charge in [0.15, 0.2) is 0 Å². The third-order valence-corrected chi connectivity index (χ3v) is 5.79. The predicted octanol–water partition coefficient (Wildman–Crippen LogP) is 4.33. The fraction of sp³-hybridized carbons (Fsp3) is 0.647. The Balaban J connectivity index is 1.59. The second-order valence-corrected chi connectivity index (χ2v) is 7.40. The molecular weight excluding hydrogens is 250 g/mol. The van der Waals surface area contributed by atoms with Crippen molar-refractivity contribution >= 4 is 11.8 Å². The van der Waals surface area contributed by atoms with Crippen LogP contribution in [0, 0.1) is 0 Å².